The van der Waals surface area contributed by atoms with Gasteiger partial charge >= 0.3 is 0 Å². The highest BCUT2D eigenvalue weighted by atomic mass is 16.5. The first-order valence-electron chi connectivity index (χ1n) is 7.65. The van der Waals surface area contributed by atoms with Gasteiger partial charge in [0.25, 0.3) is 0 Å². The highest BCUT2D eigenvalue weighted by molar-refractivity contribution is 5.33. The van der Waals surface area contributed by atoms with Crippen LogP contribution in [0.2, 0.25) is 0 Å². The number of fused-ring (bicyclic) bond motifs is 1. The molecule has 0 saturated heterocycles. The van der Waals surface area contributed by atoms with Crippen molar-refractivity contribution in [1.29, 1.82) is 0 Å². The first-order chi connectivity index (χ1) is 10.3. The van der Waals surface area contributed by atoms with E-state index in [2.05, 4.69) is 67.5 Å². The summed E-state index contributed by atoms with van der Waals surface area (Å²) < 4.78 is 6.33. The van der Waals surface area contributed by atoms with Gasteiger partial charge in [-0.15, -0.1) is 0 Å². The van der Waals surface area contributed by atoms with Crippen molar-refractivity contribution in [3.8, 4) is 0 Å². The number of aryl methyl sites for hydroxylation is 1. The zero-order chi connectivity index (χ0) is 14.7. The van der Waals surface area contributed by atoms with Crippen LogP contribution in [0.5, 0.6) is 0 Å². The number of hydrogen-bond donors (Lipinski definition) is 0. The summed E-state index contributed by atoms with van der Waals surface area (Å²) in [5.41, 5.74) is 4.03. The molecule has 0 aromatic heterocycles. The maximum absolute atomic E-state index is 6.33. The van der Waals surface area contributed by atoms with E-state index in [-0.39, 0.29) is 6.10 Å². The van der Waals surface area contributed by atoms with Crippen LogP contribution in [0.25, 0.3) is 0 Å². The zero-order valence-corrected chi connectivity index (χ0v) is 12.8. The molecule has 0 aliphatic heterocycles. The van der Waals surface area contributed by atoms with Gasteiger partial charge < -0.3 is 9.64 Å². The summed E-state index contributed by atoms with van der Waals surface area (Å²) in [6.07, 6.45) is 2.46. The Morgan fingerprint density at radius 1 is 1.00 bits per heavy atom. The maximum Gasteiger partial charge on any atom is 0.0987 e. The van der Waals surface area contributed by atoms with Crippen LogP contribution in [-0.4, -0.2) is 25.0 Å². The Balaban J connectivity index is 1.82. The highest BCUT2D eigenvalue weighted by Crippen LogP contribution is 2.35. The fraction of sp³-hybridized carbons (Fsp3) is 0.368. The predicted octanol–water partition coefficient (Wildman–Crippen LogP) is 3.82. The van der Waals surface area contributed by atoms with Gasteiger partial charge in [-0.2, -0.15) is 0 Å². The molecular weight excluding hydrogens is 258 g/mol. The molecule has 0 radical (unpaired) electrons. The monoisotopic (exact) mass is 281 g/mol. The van der Waals surface area contributed by atoms with Crippen LogP contribution in [0, 0.1) is 0 Å². The summed E-state index contributed by atoms with van der Waals surface area (Å²) in [5, 5.41) is 0. The van der Waals surface area contributed by atoms with E-state index in [9.17, 15) is 0 Å². The fourth-order valence-electron chi connectivity index (χ4n) is 3.19. The molecule has 0 fully saturated rings. The third-order valence-electron chi connectivity index (χ3n) is 4.36. The van der Waals surface area contributed by atoms with Gasteiger partial charge in [0.05, 0.1) is 12.7 Å². The van der Waals surface area contributed by atoms with Crippen molar-refractivity contribution in [1.82, 2.24) is 4.90 Å². The van der Waals surface area contributed by atoms with Gasteiger partial charge in [0.15, 0.2) is 0 Å². The smallest absolute Gasteiger partial charge is 0.0987 e. The first kappa shape index (κ1) is 14.3. The van der Waals surface area contributed by atoms with E-state index in [1.165, 1.54) is 16.7 Å². The van der Waals surface area contributed by atoms with Crippen molar-refractivity contribution >= 4 is 0 Å². The average molecular weight is 281 g/mol. The Hall–Kier alpha value is -1.64. The van der Waals surface area contributed by atoms with Gasteiger partial charge in [-0.05, 0) is 43.6 Å². The summed E-state index contributed by atoms with van der Waals surface area (Å²) in [5.74, 6) is 0. The number of ether oxygens (including phenoxy) is 1. The average Bonchev–Trinajstić information content (AvgIpc) is 2.53. The van der Waals surface area contributed by atoms with Crippen molar-refractivity contribution in [2.24, 2.45) is 0 Å². The lowest BCUT2D eigenvalue weighted by atomic mass is 9.85. The number of hydrogen-bond acceptors (Lipinski definition) is 2. The van der Waals surface area contributed by atoms with Crippen LogP contribution < -0.4 is 0 Å². The molecule has 2 aromatic carbocycles. The van der Waals surface area contributed by atoms with Crippen LogP contribution in [0.1, 0.15) is 29.2 Å². The van der Waals surface area contributed by atoms with E-state index in [0.717, 1.165) is 12.8 Å². The van der Waals surface area contributed by atoms with Gasteiger partial charge in [0.2, 0.25) is 0 Å². The first-order valence-corrected chi connectivity index (χ1v) is 7.65. The molecule has 0 heterocycles. The Bertz CT molecular complexity index is 579. The van der Waals surface area contributed by atoms with Crippen molar-refractivity contribution in [2.75, 3.05) is 14.1 Å². The topological polar surface area (TPSA) is 12.5 Å². The summed E-state index contributed by atoms with van der Waals surface area (Å²) in [6.45, 7) is 0.671. The number of likely N-dealkylation sites (N-methyl/N-ethyl adjacent to an activating group) is 1. The molecule has 0 bridgehead atoms. The van der Waals surface area contributed by atoms with Crippen LogP contribution in [0.15, 0.2) is 54.6 Å². The fourth-order valence-corrected chi connectivity index (χ4v) is 3.19. The minimum absolute atomic E-state index is 0.158. The second-order valence-corrected chi connectivity index (χ2v) is 5.99. The Labute approximate surface area is 127 Å². The van der Waals surface area contributed by atoms with Crippen molar-refractivity contribution in [2.45, 2.75) is 31.6 Å². The summed E-state index contributed by atoms with van der Waals surface area (Å²) in [4.78, 5) is 2.30. The molecule has 0 N–H and O–H groups in total. The molecule has 2 heteroatoms. The molecule has 0 saturated carbocycles. The third-order valence-corrected chi connectivity index (χ3v) is 4.36. The second-order valence-electron chi connectivity index (χ2n) is 5.99. The molecule has 3 rings (SSSR count). The molecular formula is C19H23NO. The molecule has 2 aromatic rings. The molecule has 1 aliphatic rings. The zero-order valence-electron chi connectivity index (χ0n) is 12.8. The SMILES string of the molecule is CN(C)[C@@H]1CCc2ccccc2[C@@H]1OCc1ccccc1. The van der Waals surface area contributed by atoms with Gasteiger partial charge in [-0.3, -0.25) is 0 Å². The van der Waals surface area contributed by atoms with E-state index in [1.807, 2.05) is 6.07 Å². The van der Waals surface area contributed by atoms with Crippen LogP contribution >= 0.6 is 0 Å². The molecule has 110 valence electrons. The van der Waals surface area contributed by atoms with Gasteiger partial charge in [0.1, 0.15) is 0 Å². The maximum atomic E-state index is 6.33. The molecule has 0 spiro atoms. The van der Waals surface area contributed by atoms with E-state index in [0.29, 0.717) is 12.6 Å². The predicted molar refractivity (Wildman–Crippen MR) is 86.2 cm³/mol. The number of nitrogens with zero attached hydrogens (tertiary/aromatic N) is 1. The van der Waals surface area contributed by atoms with E-state index >= 15 is 0 Å². The van der Waals surface area contributed by atoms with E-state index in [4.69, 9.17) is 4.74 Å². The molecule has 0 amide bonds. The van der Waals surface area contributed by atoms with Crippen molar-refractivity contribution in [3.05, 3.63) is 71.3 Å². The molecule has 1 aliphatic carbocycles. The largest absolute Gasteiger partial charge is 0.367 e. The van der Waals surface area contributed by atoms with Gasteiger partial charge in [-0.1, -0.05) is 54.6 Å². The lowest BCUT2D eigenvalue weighted by Gasteiger charge is -2.37. The van der Waals surface area contributed by atoms with Crippen molar-refractivity contribution < 1.29 is 4.74 Å². The van der Waals surface area contributed by atoms with E-state index < -0.39 is 0 Å². The minimum atomic E-state index is 0.158. The Morgan fingerprint density at radius 2 is 1.71 bits per heavy atom. The summed E-state index contributed by atoms with van der Waals surface area (Å²) in [7, 11) is 4.30. The Kier molecular flexibility index (Phi) is 4.37. The highest BCUT2D eigenvalue weighted by Gasteiger charge is 2.31. The molecule has 0 unspecified atom stereocenters. The van der Waals surface area contributed by atoms with E-state index in [1.54, 1.807) is 0 Å². The number of benzene rings is 2. The second kappa shape index (κ2) is 6.42. The van der Waals surface area contributed by atoms with Crippen LogP contribution in [0.4, 0.5) is 0 Å². The van der Waals surface area contributed by atoms with Crippen LogP contribution in [-0.2, 0) is 17.8 Å². The van der Waals surface area contributed by atoms with Crippen molar-refractivity contribution in [3.63, 3.8) is 0 Å². The van der Waals surface area contributed by atoms with Gasteiger partial charge in [0, 0.05) is 6.04 Å². The van der Waals surface area contributed by atoms with Gasteiger partial charge in [-0.25, -0.2) is 0 Å². The molecule has 21 heavy (non-hydrogen) atoms. The minimum Gasteiger partial charge on any atom is -0.367 e. The number of rotatable bonds is 4. The lowest BCUT2D eigenvalue weighted by Crippen LogP contribution is -2.38. The normalized spacial score (nSPS) is 21.3. The third kappa shape index (κ3) is 3.17. The summed E-state index contributed by atoms with van der Waals surface area (Å²) >= 11 is 0. The Morgan fingerprint density at radius 3 is 2.48 bits per heavy atom. The molecule has 2 nitrogen and oxygen atoms in total. The lowest BCUT2D eigenvalue weighted by molar-refractivity contribution is -0.0214. The molecule has 2 atom stereocenters. The standard InChI is InChI=1S/C19H23NO/c1-20(2)18-13-12-16-10-6-7-11-17(16)19(18)21-14-15-8-4-3-5-9-15/h3-11,18-19H,12-14H2,1-2H3/t18-,19+/m1/s1. The van der Waals surface area contributed by atoms with Crippen LogP contribution in [0.3, 0.4) is 0 Å². The summed E-state index contributed by atoms with van der Waals surface area (Å²) in [6, 6.07) is 19.6. The quantitative estimate of drug-likeness (QED) is 0.844.